The Hall–Kier alpha value is -5.27. The number of nitrogens with one attached hydrogen (secondary N) is 1. The molecule has 7 nitrogen and oxygen atoms in total. The van der Waals surface area contributed by atoms with E-state index in [9.17, 15) is 20.0 Å². The standard InChI is InChI=1S/C30H20N2O5/c31-18-22-16-26-25(30(34)35)14-15-36-28(26)17-27(22)37-24-12-8-21(9-13-24)29(33)32-23-10-6-20(7-11-23)19-4-2-1-3-5-19/h1-6,8-10,12-13,16-17,25H,14-15H2,(H,32,33)(H,34,35). The first-order valence-electron chi connectivity index (χ1n) is 11.5. The first-order chi connectivity index (χ1) is 18.0. The number of nitriles is 1. The molecular weight excluding hydrogens is 468 g/mol. The Kier molecular flexibility index (Phi) is 6.44. The summed E-state index contributed by atoms with van der Waals surface area (Å²) in [6.07, 6.45) is 0.337. The van der Waals surface area contributed by atoms with Gasteiger partial charge in [0.05, 0.1) is 23.8 Å². The Morgan fingerprint density at radius 3 is 2.49 bits per heavy atom. The van der Waals surface area contributed by atoms with E-state index in [2.05, 4.69) is 23.5 Å². The summed E-state index contributed by atoms with van der Waals surface area (Å²) in [5.41, 5.74) is 3.45. The van der Waals surface area contributed by atoms with Gasteiger partial charge in [0.2, 0.25) is 0 Å². The molecular formula is C30H20N2O5. The second-order valence-corrected chi connectivity index (χ2v) is 8.38. The second kappa shape index (κ2) is 10.2. The Morgan fingerprint density at radius 2 is 1.81 bits per heavy atom. The summed E-state index contributed by atoms with van der Waals surface area (Å²) >= 11 is 0. The number of carboxylic acid groups (broad SMARTS) is 1. The van der Waals surface area contributed by atoms with Crippen LogP contribution in [0.1, 0.15) is 33.8 Å². The second-order valence-electron chi connectivity index (χ2n) is 8.38. The van der Waals surface area contributed by atoms with Crippen LogP contribution in [-0.4, -0.2) is 23.6 Å². The topological polar surface area (TPSA) is 109 Å². The van der Waals surface area contributed by atoms with Gasteiger partial charge in [0, 0.05) is 22.8 Å². The summed E-state index contributed by atoms with van der Waals surface area (Å²) < 4.78 is 11.5. The van der Waals surface area contributed by atoms with Crippen molar-refractivity contribution in [3.05, 3.63) is 108 Å². The first kappa shape index (κ1) is 23.5. The molecule has 5 rings (SSSR count). The molecule has 1 unspecified atom stereocenters. The zero-order valence-corrected chi connectivity index (χ0v) is 19.5. The summed E-state index contributed by atoms with van der Waals surface area (Å²) in [7, 11) is 0. The summed E-state index contributed by atoms with van der Waals surface area (Å²) in [4.78, 5) is 24.3. The lowest BCUT2D eigenvalue weighted by molar-refractivity contribution is -0.139. The van der Waals surface area contributed by atoms with Gasteiger partial charge >= 0.3 is 5.97 Å². The molecule has 0 aromatic heterocycles. The molecule has 0 radical (unpaired) electrons. The van der Waals surface area contributed by atoms with Crippen LogP contribution < -0.4 is 14.8 Å². The third-order valence-electron chi connectivity index (χ3n) is 6.00. The van der Waals surface area contributed by atoms with Crippen LogP contribution in [0.5, 0.6) is 17.2 Å². The van der Waals surface area contributed by atoms with Gasteiger partial charge in [-0.3, -0.25) is 9.59 Å². The molecule has 37 heavy (non-hydrogen) atoms. The molecule has 4 aromatic rings. The maximum atomic E-state index is 12.7. The largest absolute Gasteiger partial charge is 0.493 e. The Balaban J connectivity index is 1.28. The molecule has 0 saturated heterocycles. The Morgan fingerprint density at radius 1 is 1.03 bits per heavy atom. The van der Waals surface area contributed by atoms with Crippen LogP contribution >= 0.6 is 0 Å². The minimum absolute atomic E-state index is 0.197. The van der Waals surface area contributed by atoms with Crippen molar-refractivity contribution in [1.82, 2.24) is 0 Å². The number of carboxylic acids is 1. The van der Waals surface area contributed by atoms with E-state index >= 15 is 0 Å². The number of anilines is 1. The van der Waals surface area contributed by atoms with E-state index in [0.717, 1.165) is 11.1 Å². The summed E-state index contributed by atoms with van der Waals surface area (Å²) in [6, 6.07) is 31.0. The van der Waals surface area contributed by atoms with Gasteiger partial charge in [-0.05, 0) is 60.5 Å². The monoisotopic (exact) mass is 488 g/mol. The highest BCUT2D eigenvalue weighted by Gasteiger charge is 2.29. The van der Waals surface area contributed by atoms with E-state index in [-0.39, 0.29) is 23.8 Å². The Bertz CT molecular complexity index is 1490. The lowest BCUT2D eigenvalue weighted by atomic mass is 9.91. The number of benzene rings is 3. The van der Waals surface area contributed by atoms with Crippen LogP contribution in [0.25, 0.3) is 11.1 Å². The van der Waals surface area contributed by atoms with Gasteiger partial charge in [0.15, 0.2) is 0 Å². The molecule has 2 N–H and O–H groups in total. The highest BCUT2D eigenvalue weighted by Crippen LogP contribution is 2.39. The fourth-order valence-corrected chi connectivity index (χ4v) is 4.09. The zero-order chi connectivity index (χ0) is 25.8. The van der Waals surface area contributed by atoms with Gasteiger partial charge in [0.1, 0.15) is 23.3 Å². The molecule has 7 heteroatoms. The van der Waals surface area contributed by atoms with Crippen LogP contribution in [0, 0.1) is 23.5 Å². The molecule has 1 aliphatic rings. The molecule has 1 atom stereocenters. The number of rotatable bonds is 6. The average molecular weight is 488 g/mol. The van der Waals surface area contributed by atoms with E-state index in [1.807, 2.05) is 36.4 Å². The summed E-state index contributed by atoms with van der Waals surface area (Å²) in [5, 5.41) is 21.9. The van der Waals surface area contributed by atoms with E-state index in [1.54, 1.807) is 30.3 Å². The number of ether oxygens (including phenoxy) is 2. The highest BCUT2D eigenvalue weighted by molar-refractivity contribution is 6.04. The van der Waals surface area contributed by atoms with Gasteiger partial charge in [-0.25, -0.2) is 0 Å². The zero-order valence-electron chi connectivity index (χ0n) is 19.5. The summed E-state index contributed by atoms with van der Waals surface area (Å²) in [5.74, 6) is -0.970. The lowest BCUT2D eigenvalue weighted by Crippen LogP contribution is -2.21. The number of carbonyl (C=O) groups excluding carboxylic acids is 1. The lowest BCUT2D eigenvalue weighted by Gasteiger charge is -2.24. The van der Waals surface area contributed by atoms with Crippen LogP contribution in [0.4, 0.5) is 5.69 Å². The van der Waals surface area contributed by atoms with Crippen molar-refractivity contribution in [2.75, 3.05) is 11.9 Å². The number of amides is 1. The minimum Gasteiger partial charge on any atom is -0.493 e. The van der Waals surface area contributed by atoms with Crippen molar-refractivity contribution in [2.24, 2.45) is 0 Å². The predicted octanol–water partition coefficient (Wildman–Crippen LogP) is 5.82. The number of hydrogen-bond acceptors (Lipinski definition) is 5. The SMILES string of the molecule is N#Cc1cc2c(cc1Oc1ccc(C(=O)Nc3c#cc(-c4ccccc4)cc3)cc1)OCCC2C(=O)O. The molecule has 1 amide bonds. The first-order valence-corrected chi connectivity index (χ1v) is 11.5. The normalized spacial score (nSPS) is 13.8. The number of aliphatic carboxylic acids is 1. The summed E-state index contributed by atoms with van der Waals surface area (Å²) in [6.45, 7) is 0.267. The molecule has 0 aliphatic carbocycles. The van der Waals surface area contributed by atoms with Crippen molar-refractivity contribution < 1.29 is 24.2 Å². The van der Waals surface area contributed by atoms with Crippen LogP contribution in [0.3, 0.4) is 0 Å². The van der Waals surface area contributed by atoms with Crippen molar-refractivity contribution in [3.8, 4) is 34.4 Å². The van der Waals surface area contributed by atoms with Crippen molar-refractivity contribution in [2.45, 2.75) is 12.3 Å². The highest BCUT2D eigenvalue weighted by atomic mass is 16.5. The molecule has 0 bridgehead atoms. The molecule has 1 aliphatic heterocycles. The average Bonchev–Trinajstić information content (AvgIpc) is 2.93. The molecule has 4 aromatic carbocycles. The maximum Gasteiger partial charge on any atom is 0.311 e. The third-order valence-corrected chi connectivity index (χ3v) is 6.00. The maximum absolute atomic E-state index is 12.7. The molecule has 180 valence electrons. The molecule has 1 heterocycles. The van der Waals surface area contributed by atoms with Gasteiger partial charge in [-0.1, -0.05) is 36.4 Å². The van der Waals surface area contributed by atoms with Crippen molar-refractivity contribution in [3.63, 3.8) is 0 Å². The van der Waals surface area contributed by atoms with E-state index < -0.39 is 11.9 Å². The van der Waals surface area contributed by atoms with Gasteiger partial charge in [0.25, 0.3) is 5.91 Å². The molecule has 0 fully saturated rings. The third kappa shape index (κ3) is 5.07. The number of carbonyl (C=O) groups is 2. The fraction of sp³-hybridized carbons (Fsp3) is 0.100. The molecule has 0 saturated carbocycles. The van der Waals surface area contributed by atoms with Gasteiger partial charge in [-0.2, -0.15) is 5.26 Å². The number of nitrogens with zero attached hydrogens (tertiary/aromatic N) is 1. The van der Waals surface area contributed by atoms with E-state index in [4.69, 9.17) is 9.47 Å². The van der Waals surface area contributed by atoms with Crippen LogP contribution in [0.15, 0.2) is 78.9 Å². The van der Waals surface area contributed by atoms with Crippen molar-refractivity contribution in [1.29, 1.82) is 5.26 Å². The number of fused-ring (bicyclic) bond motifs is 1. The van der Waals surface area contributed by atoms with Crippen molar-refractivity contribution >= 4 is 17.6 Å². The van der Waals surface area contributed by atoms with E-state index in [1.165, 1.54) is 12.1 Å². The van der Waals surface area contributed by atoms with Gasteiger partial charge in [-0.15, -0.1) is 0 Å². The minimum atomic E-state index is -0.960. The number of hydrogen-bond donors (Lipinski definition) is 2. The fourth-order valence-electron chi connectivity index (χ4n) is 4.09. The Labute approximate surface area is 213 Å². The van der Waals surface area contributed by atoms with Crippen LogP contribution in [0.2, 0.25) is 0 Å². The molecule has 0 spiro atoms. The predicted molar refractivity (Wildman–Crippen MR) is 136 cm³/mol. The van der Waals surface area contributed by atoms with E-state index in [0.29, 0.717) is 34.7 Å². The van der Waals surface area contributed by atoms with Crippen LogP contribution in [-0.2, 0) is 4.79 Å². The quantitative estimate of drug-likeness (QED) is 0.354. The smallest absolute Gasteiger partial charge is 0.311 e. The van der Waals surface area contributed by atoms with Gasteiger partial charge < -0.3 is 19.9 Å².